The van der Waals surface area contributed by atoms with E-state index >= 15 is 0 Å². The van der Waals surface area contributed by atoms with Gasteiger partial charge in [-0.05, 0) is 12.8 Å². The van der Waals surface area contributed by atoms with Crippen molar-refractivity contribution >= 4 is 30.2 Å². The van der Waals surface area contributed by atoms with Gasteiger partial charge in [0.1, 0.15) is 5.02 Å². The Hall–Kier alpha value is -0.740. The number of ether oxygens (including phenoxy) is 1. The van der Waals surface area contributed by atoms with Crippen molar-refractivity contribution in [3.05, 3.63) is 23.0 Å². The molecule has 1 saturated carbocycles. The first-order valence-electron chi connectivity index (χ1n) is 4.68. The van der Waals surface area contributed by atoms with Gasteiger partial charge in [0.25, 0.3) is 0 Å². The Morgan fingerprint density at radius 2 is 2.40 bits per heavy atom. The summed E-state index contributed by atoms with van der Waals surface area (Å²) in [6.07, 6.45) is 3.83. The SMILES string of the molecule is O=C(CS)Oc1ccnc(C2CC2)c1Cl. The Bertz CT molecular complexity index is 393. The van der Waals surface area contributed by atoms with Crippen molar-refractivity contribution in [2.75, 3.05) is 5.75 Å². The molecule has 1 aromatic rings. The second-order valence-electron chi connectivity index (χ2n) is 3.41. The third kappa shape index (κ3) is 2.44. The van der Waals surface area contributed by atoms with E-state index < -0.39 is 5.97 Å². The zero-order chi connectivity index (χ0) is 10.8. The maximum Gasteiger partial charge on any atom is 0.321 e. The van der Waals surface area contributed by atoms with Crippen LogP contribution in [0, 0.1) is 0 Å². The zero-order valence-electron chi connectivity index (χ0n) is 7.94. The molecule has 1 aromatic heterocycles. The number of rotatable bonds is 3. The summed E-state index contributed by atoms with van der Waals surface area (Å²) in [5.41, 5.74) is 0.834. The van der Waals surface area contributed by atoms with E-state index in [0.29, 0.717) is 16.7 Å². The lowest BCUT2D eigenvalue weighted by molar-refractivity contribution is -0.131. The zero-order valence-corrected chi connectivity index (χ0v) is 9.59. The first kappa shape index (κ1) is 10.8. The van der Waals surface area contributed by atoms with E-state index in [1.165, 1.54) is 0 Å². The van der Waals surface area contributed by atoms with Crippen LogP contribution in [0.2, 0.25) is 5.02 Å². The molecule has 0 spiro atoms. The molecule has 80 valence electrons. The van der Waals surface area contributed by atoms with Crippen molar-refractivity contribution in [1.29, 1.82) is 0 Å². The number of nitrogens with zero attached hydrogens (tertiary/aromatic N) is 1. The van der Waals surface area contributed by atoms with Crippen LogP contribution >= 0.6 is 24.2 Å². The minimum Gasteiger partial charge on any atom is -0.424 e. The van der Waals surface area contributed by atoms with Crippen LogP contribution in [0.5, 0.6) is 5.75 Å². The summed E-state index contributed by atoms with van der Waals surface area (Å²) in [5, 5.41) is 0.454. The number of thiol groups is 1. The molecule has 1 aliphatic rings. The molecule has 0 aromatic carbocycles. The molecule has 5 heteroatoms. The van der Waals surface area contributed by atoms with Gasteiger partial charge in [0.2, 0.25) is 0 Å². The Morgan fingerprint density at radius 1 is 1.67 bits per heavy atom. The fraction of sp³-hybridized carbons (Fsp3) is 0.400. The summed E-state index contributed by atoms with van der Waals surface area (Å²) in [7, 11) is 0. The molecule has 2 rings (SSSR count). The maximum atomic E-state index is 11.1. The van der Waals surface area contributed by atoms with Crippen LogP contribution in [0.1, 0.15) is 24.5 Å². The molecule has 15 heavy (non-hydrogen) atoms. The minimum absolute atomic E-state index is 0.0391. The number of aromatic nitrogens is 1. The molecule has 1 fully saturated rings. The smallest absolute Gasteiger partial charge is 0.321 e. The Balaban J connectivity index is 2.23. The first-order chi connectivity index (χ1) is 7.22. The van der Waals surface area contributed by atoms with Crippen molar-refractivity contribution in [3.8, 4) is 5.75 Å². The van der Waals surface area contributed by atoms with Crippen LogP contribution in [0.15, 0.2) is 12.3 Å². The molecule has 0 aliphatic heterocycles. The predicted molar refractivity (Wildman–Crippen MR) is 60.7 cm³/mol. The van der Waals surface area contributed by atoms with E-state index in [1.807, 2.05) is 0 Å². The lowest BCUT2D eigenvalue weighted by Gasteiger charge is -2.07. The van der Waals surface area contributed by atoms with Crippen molar-refractivity contribution in [3.63, 3.8) is 0 Å². The second kappa shape index (κ2) is 4.41. The molecule has 0 unspecified atom stereocenters. The van der Waals surface area contributed by atoms with Crippen LogP contribution in [0.25, 0.3) is 0 Å². The normalized spacial score (nSPS) is 15.1. The van der Waals surface area contributed by atoms with E-state index in [1.54, 1.807) is 12.3 Å². The van der Waals surface area contributed by atoms with Crippen molar-refractivity contribution < 1.29 is 9.53 Å². The predicted octanol–water partition coefficient (Wildman–Crippen LogP) is 2.45. The molecule has 3 nitrogen and oxygen atoms in total. The molecular formula is C10H10ClNO2S. The van der Waals surface area contributed by atoms with E-state index in [4.69, 9.17) is 16.3 Å². The van der Waals surface area contributed by atoms with Crippen molar-refractivity contribution in [1.82, 2.24) is 4.98 Å². The second-order valence-corrected chi connectivity index (χ2v) is 4.11. The molecule has 0 saturated heterocycles. The molecule has 1 aliphatic carbocycles. The monoisotopic (exact) mass is 243 g/mol. The molecular weight excluding hydrogens is 234 g/mol. The number of hydrogen-bond acceptors (Lipinski definition) is 4. The van der Waals surface area contributed by atoms with Crippen molar-refractivity contribution in [2.24, 2.45) is 0 Å². The number of esters is 1. The summed E-state index contributed by atoms with van der Waals surface area (Å²) in [4.78, 5) is 15.2. The Kier molecular flexibility index (Phi) is 3.17. The number of pyridine rings is 1. The highest BCUT2D eigenvalue weighted by Crippen LogP contribution is 2.44. The highest BCUT2D eigenvalue weighted by molar-refractivity contribution is 7.81. The van der Waals surface area contributed by atoms with Gasteiger partial charge in [0.15, 0.2) is 5.75 Å². The maximum absolute atomic E-state index is 11.1. The van der Waals surface area contributed by atoms with Gasteiger partial charge in [0, 0.05) is 18.2 Å². The standard InChI is InChI=1S/C10H10ClNO2S/c11-9-7(14-8(13)5-15)3-4-12-10(9)6-1-2-6/h3-4,6,15H,1-2,5H2. The average molecular weight is 244 g/mol. The van der Waals surface area contributed by atoms with E-state index in [0.717, 1.165) is 18.5 Å². The third-order valence-corrected chi connectivity index (χ3v) is 2.84. The van der Waals surface area contributed by atoms with Gasteiger partial charge in [-0.25, -0.2) is 0 Å². The van der Waals surface area contributed by atoms with E-state index in [2.05, 4.69) is 17.6 Å². The average Bonchev–Trinajstić information content (AvgIpc) is 3.04. The quantitative estimate of drug-likeness (QED) is 0.655. The van der Waals surface area contributed by atoms with Crippen LogP contribution in [0.3, 0.4) is 0 Å². The fourth-order valence-electron chi connectivity index (χ4n) is 1.32. The Morgan fingerprint density at radius 3 is 3.00 bits per heavy atom. The molecule has 0 bridgehead atoms. The summed E-state index contributed by atoms with van der Waals surface area (Å²) in [6.45, 7) is 0. The number of carbonyl (C=O) groups is 1. The molecule has 0 N–H and O–H groups in total. The van der Waals surface area contributed by atoms with Gasteiger partial charge in [-0.3, -0.25) is 9.78 Å². The molecule has 0 radical (unpaired) electrons. The fourth-order valence-corrected chi connectivity index (χ4v) is 1.69. The summed E-state index contributed by atoms with van der Waals surface area (Å²) in [5.74, 6) is 0.449. The van der Waals surface area contributed by atoms with Gasteiger partial charge in [-0.2, -0.15) is 12.6 Å². The van der Waals surface area contributed by atoms with Crippen LogP contribution in [0.4, 0.5) is 0 Å². The van der Waals surface area contributed by atoms with Crippen LogP contribution < -0.4 is 4.74 Å². The van der Waals surface area contributed by atoms with Gasteiger partial charge in [-0.1, -0.05) is 11.6 Å². The summed E-state index contributed by atoms with van der Waals surface area (Å²) < 4.78 is 5.03. The van der Waals surface area contributed by atoms with Crippen LogP contribution in [-0.2, 0) is 4.79 Å². The van der Waals surface area contributed by atoms with Gasteiger partial charge in [0.05, 0.1) is 11.4 Å². The Labute approximate surface area is 98.2 Å². The minimum atomic E-state index is -0.409. The van der Waals surface area contributed by atoms with Crippen molar-refractivity contribution in [2.45, 2.75) is 18.8 Å². The number of hydrogen-bond donors (Lipinski definition) is 1. The molecule has 0 atom stereocenters. The van der Waals surface area contributed by atoms with Crippen LogP contribution in [-0.4, -0.2) is 16.7 Å². The van der Waals surface area contributed by atoms with Gasteiger partial charge >= 0.3 is 5.97 Å². The summed E-state index contributed by atoms with van der Waals surface area (Å²) >= 11 is 9.91. The first-order valence-corrected chi connectivity index (χ1v) is 5.69. The molecule has 0 amide bonds. The highest BCUT2D eigenvalue weighted by Gasteiger charge is 2.28. The van der Waals surface area contributed by atoms with Gasteiger partial charge < -0.3 is 4.74 Å². The largest absolute Gasteiger partial charge is 0.424 e. The lowest BCUT2D eigenvalue weighted by atomic mass is 10.2. The topological polar surface area (TPSA) is 39.2 Å². The third-order valence-electron chi connectivity index (χ3n) is 2.20. The van der Waals surface area contributed by atoms with E-state index in [-0.39, 0.29) is 5.75 Å². The molecule has 1 heterocycles. The number of halogens is 1. The van der Waals surface area contributed by atoms with E-state index in [9.17, 15) is 4.79 Å². The number of carbonyl (C=O) groups excluding carboxylic acids is 1. The van der Waals surface area contributed by atoms with Gasteiger partial charge in [-0.15, -0.1) is 0 Å². The highest BCUT2D eigenvalue weighted by atomic mass is 35.5. The lowest BCUT2D eigenvalue weighted by Crippen LogP contribution is -2.09. The summed E-state index contributed by atoms with van der Waals surface area (Å²) in [6, 6.07) is 1.59.